The first-order chi connectivity index (χ1) is 14.9. The van der Waals surface area contributed by atoms with Crippen molar-refractivity contribution in [3.63, 3.8) is 0 Å². The minimum absolute atomic E-state index is 0.300. The van der Waals surface area contributed by atoms with Crippen LogP contribution in [0, 0.1) is 0 Å². The Hall–Kier alpha value is -1.99. The highest BCUT2D eigenvalue weighted by Crippen LogP contribution is 2.41. The average molecular weight is 425 g/mol. The third kappa shape index (κ3) is 3.23. The van der Waals surface area contributed by atoms with Crippen molar-refractivity contribution in [2.45, 2.75) is 63.9 Å². The Kier molecular flexibility index (Phi) is 4.96. The maximum Gasteiger partial charge on any atom is 0.278 e. The molecule has 1 atom stereocenters. The Balaban J connectivity index is 1.46. The van der Waals surface area contributed by atoms with E-state index in [0.29, 0.717) is 6.10 Å². The molecule has 7 heteroatoms. The summed E-state index contributed by atoms with van der Waals surface area (Å²) in [4.78, 5) is 17.1. The highest BCUT2D eigenvalue weighted by atomic mass is 32.1. The van der Waals surface area contributed by atoms with Crippen LogP contribution in [0.1, 0.15) is 56.1 Å². The van der Waals surface area contributed by atoms with Crippen LogP contribution in [0.3, 0.4) is 0 Å². The van der Waals surface area contributed by atoms with E-state index in [1.165, 1.54) is 77.9 Å². The van der Waals surface area contributed by atoms with E-state index in [9.17, 15) is 0 Å². The fourth-order valence-corrected chi connectivity index (χ4v) is 6.58. The third-order valence-electron chi connectivity index (χ3n) is 6.95. The van der Waals surface area contributed by atoms with Gasteiger partial charge >= 0.3 is 0 Å². The molecule has 2 saturated heterocycles. The Morgan fingerprint density at radius 1 is 1.07 bits per heavy atom. The van der Waals surface area contributed by atoms with E-state index in [2.05, 4.69) is 20.2 Å². The van der Waals surface area contributed by atoms with E-state index < -0.39 is 0 Å². The molecule has 3 aliphatic rings. The highest BCUT2D eigenvalue weighted by Gasteiger charge is 2.30. The molecule has 1 aliphatic carbocycles. The second kappa shape index (κ2) is 7.93. The number of hydrogen-bond acceptors (Lipinski definition) is 6. The van der Waals surface area contributed by atoms with E-state index in [1.807, 2.05) is 11.3 Å². The fraction of sp³-hybridized carbons (Fsp3) is 0.609. The lowest BCUT2D eigenvalue weighted by atomic mass is 9.89. The van der Waals surface area contributed by atoms with Crippen LogP contribution >= 0.6 is 11.3 Å². The van der Waals surface area contributed by atoms with Gasteiger partial charge in [0.05, 0.1) is 30.1 Å². The van der Waals surface area contributed by atoms with Crippen LogP contribution in [0.2, 0.25) is 0 Å². The van der Waals surface area contributed by atoms with Crippen LogP contribution in [0.4, 0.5) is 11.6 Å². The number of nitrogens with one attached hydrogen (secondary N) is 2. The summed E-state index contributed by atoms with van der Waals surface area (Å²) >= 11 is 1.81. The summed E-state index contributed by atoms with van der Waals surface area (Å²) in [5.41, 5.74) is 4.19. The van der Waals surface area contributed by atoms with Crippen molar-refractivity contribution >= 4 is 43.4 Å². The molecule has 30 heavy (non-hydrogen) atoms. The van der Waals surface area contributed by atoms with Gasteiger partial charge in [-0.3, -0.25) is 4.90 Å². The molecule has 3 aromatic heterocycles. The van der Waals surface area contributed by atoms with Crippen LogP contribution in [0.15, 0.2) is 6.33 Å². The van der Waals surface area contributed by atoms with Crippen molar-refractivity contribution in [2.75, 3.05) is 36.5 Å². The molecule has 2 aliphatic heterocycles. The van der Waals surface area contributed by atoms with Gasteiger partial charge in [-0.15, -0.1) is 0 Å². The van der Waals surface area contributed by atoms with Gasteiger partial charge < -0.3 is 10.1 Å². The minimum atomic E-state index is 0.300. The molecule has 2 fully saturated rings. The lowest BCUT2D eigenvalue weighted by molar-refractivity contribution is -0.328. The summed E-state index contributed by atoms with van der Waals surface area (Å²) in [7, 11) is 0. The molecule has 0 amide bonds. The number of aromatic amines is 1. The molecule has 0 radical (unpaired) electrons. The summed E-state index contributed by atoms with van der Waals surface area (Å²) < 4.78 is 6.96. The summed E-state index contributed by atoms with van der Waals surface area (Å²) in [6.07, 6.45) is 13.2. The van der Waals surface area contributed by atoms with Gasteiger partial charge in [-0.2, -0.15) is 0 Å². The van der Waals surface area contributed by atoms with Crippen molar-refractivity contribution in [1.29, 1.82) is 0 Å². The third-order valence-corrected chi connectivity index (χ3v) is 8.05. The maximum absolute atomic E-state index is 5.79. The predicted octanol–water partition coefficient (Wildman–Crippen LogP) is 4.12. The Labute approximate surface area is 181 Å². The molecule has 0 saturated carbocycles. The lowest BCUT2D eigenvalue weighted by Gasteiger charge is -2.25. The monoisotopic (exact) mass is 424 g/mol. The highest BCUT2D eigenvalue weighted by molar-refractivity contribution is 7.25. The molecule has 6 rings (SSSR count). The number of rotatable bonds is 4. The van der Waals surface area contributed by atoms with E-state index in [-0.39, 0.29) is 0 Å². The smallest absolute Gasteiger partial charge is 0.278 e. The van der Waals surface area contributed by atoms with E-state index >= 15 is 0 Å². The Morgan fingerprint density at radius 2 is 1.93 bits per heavy atom. The zero-order valence-electron chi connectivity index (χ0n) is 17.5. The number of piperidine rings is 1. The molecule has 0 spiro atoms. The number of fused-ring (bicyclic) bond motifs is 5. The molecule has 5 heterocycles. The van der Waals surface area contributed by atoms with Crippen LogP contribution in [0.5, 0.6) is 0 Å². The van der Waals surface area contributed by atoms with Gasteiger partial charge in [0.1, 0.15) is 16.8 Å². The maximum atomic E-state index is 5.79. The van der Waals surface area contributed by atoms with E-state index in [4.69, 9.17) is 9.72 Å². The molecule has 0 bridgehead atoms. The van der Waals surface area contributed by atoms with Crippen LogP contribution < -0.4 is 15.2 Å². The van der Waals surface area contributed by atoms with E-state index in [0.717, 1.165) is 43.7 Å². The quantitative estimate of drug-likeness (QED) is 0.683. The summed E-state index contributed by atoms with van der Waals surface area (Å²) in [5.74, 6) is 2.33. The van der Waals surface area contributed by atoms with Crippen LogP contribution in [0.25, 0.3) is 20.4 Å². The molecule has 0 aromatic carbocycles. The fourth-order valence-electron chi connectivity index (χ4n) is 5.43. The number of aryl methyl sites for hydroxylation is 1. The van der Waals surface area contributed by atoms with Crippen molar-refractivity contribution in [3.05, 3.63) is 17.5 Å². The number of thiophene rings is 1. The van der Waals surface area contributed by atoms with Gasteiger partial charge in [-0.25, -0.2) is 15.0 Å². The molecular weight excluding hydrogens is 394 g/mol. The second-order valence-corrected chi connectivity index (χ2v) is 9.93. The first-order valence-electron chi connectivity index (χ1n) is 11.6. The van der Waals surface area contributed by atoms with Gasteiger partial charge in [0.25, 0.3) is 5.82 Å². The number of ether oxygens (including phenoxy) is 1. The Morgan fingerprint density at radius 3 is 2.77 bits per heavy atom. The van der Waals surface area contributed by atoms with Gasteiger partial charge in [-0.05, 0) is 63.4 Å². The number of nitrogens with zero attached hydrogens (tertiary/aromatic N) is 3. The second-order valence-electron chi connectivity index (χ2n) is 8.91. The molecule has 2 N–H and O–H groups in total. The Bertz CT molecular complexity index is 1070. The van der Waals surface area contributed by atoms with E-state index in [1.54, 1.807) is 11.9 Å². The number of pyridine rings is 1. The van der Waals surface area contributed by atoms with Crippen LogP contribution in [-0.4, -0.2) is 42.3 Å². The minimum Gasteiger partial charge on any atom is -0.376 e. The molecule has 0 unspecified atom stereocenters. The number of H-pyrrole nitrogens is 1. The number of anilines is 2. The lowest BCUT2D eigenvalue weighted by Crippen LogP contribution is -2.36. The zero-order chi connectivity index (χ0) is 19.9. The molecule has 6 nitrogen and oxygen atoms in total. The topological polar surface area (TPSA) is 64.4 Å². The summed E-state index contributed by atoms with van der Waals surface area (Å²) in [5, 5.41) is 4.90. The summed E-state index contributed by atoms with van der Waals surface area (Å²) in [6, 6.07) is 0. The van der Waals surface area contributed by atoms with Crippen LogP contribution in [-0.2, 0) is 17.6 Å². The first-order valence-corrected chi connectivity index (χ1v) is 12.4. The number of aromatic nitrogens is 3. The van der Waals surface area contributed by atoms with Crippen molar-refractivity contribution in [3.8, 4) is 0 Å². The van der Waals surface area contributed by atoms with Gasteiger partial charge in [0.15, 0.2) is 4.83 Å². The van der Waals surface area contributed by atoms with Gasteiger partial charge in [0, 0.05) is 18.7 Å². The summed E-state index contributed by atoms with van der Waals surface area (Å²) in [6.45, 7) is 4.05. The van der Waals surface area contributed by atoms with Gasteiger partial charge in [-0.1, -0.05) is 11.3 Å². The largest absolute Gasteiger partial charge is 0.376 e. The standard InChI is InChI=1S/C23H29N5OS/c1-4-10-28(11-5-1)22-17-9-3-2-8-16(17)18-19-20(30-23(18)27-22)21(26-14-25-19)24-13-15-7-6-12-29-15/h14-15H,1-13H2,(H,24,25,26)/p+1/t15-/m0/s1. The molecular formula is C23H30N5OS+. The molecule has 3 aromatic rings. The normalized spacial score (nSPS) is 22.0. The molecule has 158 valence electrons. The predicted molar refractivity (Wildman–Crippen MR) is 122 cm³/mol. The average Bonchev–Trinajstić information content (AvgIpc) is 3.45. The van der Waals surface area contributed by atoms with Crippen molar-refractivity contribution in [1.82, 2.24) is 9.97 Å². The zero-order valence-corrected chi connectivity index (χ0v) is 18.3. The first kappa shape index (κ1) is 18.8. The van der Waals surface area contributed by atoms with Gasteiger partial charge in [0.2, 0.25) is 0 Å². The number of hydrogen-bond donors (Lipinski definition) is 1. The van der Waals surface area contributed by atoms with Crippen molar-refractivity contribution in [2.24, 2.45) is 0 Å². The SMILES string of the molecule is c1nc(NC[C@@H]2CCCO2)c2sc3[nH+]c(N4CCCCC4)c4c(c3c2n1)CCCC4. The van der Waals surface area contributed by atoms with Crippen molar-refractivity contribution < 1.29 is 9.72 Å².